The van der Waals surface area contributed by atoms with Crippen molar-refractivity contribution in [3.05, 3.63) is 40.2 Å². The fraction of sp³-hybridized carbons (Fsp3) is 0.333. The molecule has 2 N–H and O–H groups in total. The molecule has 0 saturated carbocycles. The van der Waals surface area contributed by atoms with Crippen molar-refractivity contribution >= 4 is 26.6 Å². The van der Waals surface area contributed by atoms with Crippen LogP contribution in [0.4, 0.5) is 13.2 Å². The molecule has 3 rings (SSSR count). The molecule has 2 heterocycles. The van der Waals surface area contributed by atoms with Gasteiger partial charge in [-0.2, -0.15) is 0 Å². The number of rotatable bonds is 3. The molecule has 1 saturated heterocycles. The number of para-hydroxylation sites is 1. The van der Waals surface area contributed by atoms with Crippen LogP contribution in [0.15, 0.2) is 29.2 Å². The van der Waals surface area contributed by atoms with E-state index < -0.39 is 39.3 Å². The van der Waals surface area contributed by atoms with Crippen molar-refractivity contribution < 1.29 is 31.1 Å². The zero-order valence-corrected chi connectivity index (χ0v) is 13.9. The summed E-state index contributed by atoms with van der Waals surface area (Å²) in [6.07, 6.45) is -3.72. The number of carbonyl (C=O) groups excluding carboxylic acids is 1. The first kappa shape index (κ1) is 18.2. The van der Waals surface area contributed by atoms with Crippen molar-refractivity contribution in [1.82, 2.24) is 10.3 Å². The Balaban J connectivity index is 1.92. The highest BCUT2D eigenvalue weighted by atomic mass is 32.2. The monoisotopic (exact) mass is 390 g/mol. The van der Waals surface area contributed by atoms with Crippen LogP contribution in [0, 0.1) is 0 Å². The van der Waals surface area contributed by atoms with Crippen LogP contribution in [0.3, 0.4) is 0 Å². The van der Waals surface area contributed by atoms with Gasteiger partial charge in [0.15, 0.2) is 15.6 Å². The lowest BCUT2D eigenvalue weighted by Crippen LogP contribution is -2.38. The first-order chi connectivity index (χ1) is 12.1. The molecule has 1 atom stereocenters. The number of sulfone groups is 1. The van der Waals surface area contributed by atoms with Crippen LogP contribution in [0.1, 0.15) is 16.8 Å². The lowest BCUT2D eigenvalue weighted by molar-refractivity contribution is -0.274. The largest absolute Gasteiger partial charge is 0.573 e. The van der Waals surface area contributed by atoms with Gasteiger partial charge in [0.1, 0.15) is 5.56 Å². The maximum Gasteiger partial charge on any atom is 0.573 e. The lowest BCUT2D eigenvalue weighted by Gasteiger charge is -2.13. The molecule has 0 aliphatic carbocycles. The average molecular weight is 390 g/mol. The van der Waals surface area contributed by atoms with Gasteiger partial charge in [0.2, 0.25) is 5.43 Å². The molecule has 0 bridgehead atoms. The van der Waals surface area contributed by atoms with Crippen LogP contribution in [0.25, 0.3) is 10.9 Å². The Kier molecular flexibility index (Phi) is 4.42. The van der Waals surface area contributed by atoms with Gasteiger partial charge in [-0.15, -0.1) is 13.2 Å². The third-order valence-corrected chi connectivity index (χ3v) is 5.68. The molecule has 1 amide bonds. The third-order valence-electron chi connectivity index (χ3n) is 3.91. The number of carbonyl (C=O) groups is 1. The summed E-state index contributed by atoms with van der Waals surface area (Å²) in [5, 5.41) is 2.31. The van der Waals surface area contributed by atoms with Gasteiger partial charge < -0.3 is 15.0 Å². The molecule has 11 heteroatoms. The molecule has 0 radical (unpaired) electrons. The highest BCUT2D eigenvalue weighted by Gasteiger charge is 2.32. The number of alkyl halides is 3. The van der Waals surface area contributed by atoms with Gasteiger partial charge in [-0.1, -0.05) is 6.07 Å². The third kappa shape index (κ3) is 3.82. The normalized spacial score (nSPS) is 19.4. The van der Waals surface area contributed by atoms with Crippen LogP contribution in [-0.4, -0.2) is 43.2 Å². The number of H-pyrrole nitrogens is 1. The van der Waals surface area contributed by atoms with E-state index in [1.54, 1.807) is 0 Å². The van der Waals surface area contributed by atoms with Gasteiger partial charge in [-0.05, 0) is 18.6 Å². The number of amides is 1. The summed E-state index contributed by atoms with van der Waals surface area (Å²) in [6.45, 7) is 0. The molecule has 1 aromatic heterocycles. The number of aromatic nitrogens is 1. The maximum atomic E-state index is 12.5. The smallest absolute Gasteiger partial charge is 0.404 e. The van der Waals surface area contributed by atoms with Crippen LogP contribution in [-0.2, 0) is 9.84 Å². The van der Waals surface area contributed by atoms with E-state index in [-0.39, 0.29) is 34.4 Å². The minimum absolute atomic E-state index is 0.0514. The Labute approximate surface area is 145 Å². The van der Waals surface area contributed by atoms with Crippen molar-refractivity contribution in [3.8, 4) is 5.75 Å². The van der Waals surface area contributed by atoms with Crippen molar-refractivity contribution in [2.24, 2.45) is 0 Å². The van der Waals surface area contributed by atoms with Crippen LogP contribution < -0.4 is 15.5 Å². The topological polar surface area (TPSA) is 105 Å². The van der Waals surface area contributed by atoms with E-state index in [4.69, 9.17) is 0 Å². The number of benzene rings is 1. The molecule has 2 aromatic rings. The molecule has 1 fully saturated rings. The predicted octanol–water partition coefficient (Wildman–Crippen LogP) is 1.34. The van der Waals surface area contributed by atoms with Gasteiger partial charge >= 0.3 is 6.36 Å². The molecule has 140 valence electrons. The predicted molar refractivity (Wildman–Crippen MR) is 85.8 cm³/mol. The second-order valence-electron chi connectivity index (χ2n) is 5.83. The summed E-state index contributed by atoms with van der Waals surface area (Å²) in [4.78, 5) is 27.2. The Bertz CT molecular complexity index is 1030. The second kappa shape index (κ2) is 6.31. The minimum Gasteiger partial charge on any atom is -0.404 e. The first-order valence-electron chi connectivity index (χ1n) is 7.47. The highest BCUT2D eigenvalue weighted by Crippen LogP contribution is 2.28. The Morgan fingerprint density at radius 1 is 1.31 bits per heavy atom. The van der Waals surface area contributed by atoms with Gasteiger partial charge in [-0.3, -0.25) is 9.59 Å². The number of hydrogen-bond donors (Lipinski definition) is 2. The summed E-state index contributed by atoms with van der Waals surface area (Å²) < 4.78 is 64.0. The van der Waals surface area contributed by atoms with E-state index >= 15 is 0 Å². The average Bonchev–Trinajstić information content (AvgIpc) is 2.85. The molecule has 0 unspecified atom stereocenters. The fourth-order valence-electron chi connectivity index (χ4n) is 2.77. The summed E-state index contributed by atoms with van der Waals surface area (Å²) >= 11 is 0. The SMILES string of the molecule is O=C(N[C@@H]1CCS(=O)(=O)C1)c1c[nH]c2c(OC(F)(F)F)cccc2c1=O. The van der Waals surface area contributed by atoms with E-state index in [1.165, 1.54) is 12.1 Å². The van der Waals surface area contributed by atoms with Crippen molar-refractivity contribution in [3.63, 3.8) is 0 Å². The molecule has 1 aliphatic heterocycles. The minimum atomic E-state index is -4.94. The van der Waals surface area contributed by atoms with E-state index in [1.807, 2.05) is 0 Å². The Hall–Kier alpha value is -2.56. The number of aromatic amines is 1. The highest BCUT2D eigenvalue weighted by molar-refractivity contribution is 7.91. The molecular weight excluding hydrogens is 377 g/mol. The van der Waals surface area contributed by atoms with E-state index in [0.717, 1.165) is 12.3 Å². The molecule has 26 heavy (non-hydrogen) atoms. The van der Waals surface area contributed by atoms with Gasteiger partial charge in [0, 0.05) is 12.2 Å². The second-order valence-corrected chi connectivity index (χ2v) is 8.06. The van der Waals surface area contributed by atoms with Crippen molar-refractivity contribution in [2.75, 3.05) is 11.5 Å². The molecule has 7 nitrogen and oxygen atoms in total. The number of fused-ring (bicyclic) bond motifs is 1. The fourth-order valence-corrected chi connectivity index (χ4v) is 4.45. The standard InChI is InChI=1S/C15H13F3N2O5S/c16-15(17,18)25-11-3-1-2-9-12(11)19-6-10(13(9)21)14(22)20-8-4-5-26(23,24)7-8/h1-3,6,8H,4-5,7H2,(H,19,21)(H,20,22)/t8-/m1/s1. The van der Waals surface area contributed by atoms with Crippen LogP contribution in [0.5, 0.6) is 5.75 Å². The number of nitrogens with one attached hydrogen (secondary N) is 2. The number of hydrogen-bond acceptors (Lipinski definition) is 5. The van der Waals surface area contributed by atoms with Crippen LogP contribution in [0.2, 0.25) is 0 Å². The Morgan fingerprint density at radius 2 is 2.04 bits per heavy atom. The summed E-state index contributed by atoms with van der Waals surface area (Å²) in [5.41, 5.74) is -1.31. The zero-order valence-electron chi connectivity index (χ0n) is 13.1. The van der Waals surface area contributed by atoms with Gasteiger partial charge in [0.05, 0.1) is 22.4 Å². The van der Waals surface area contributed by atoms with E-state index in [9.17, 15) is 31.2 Å². The van der Waals surface area contributed by atoms with Crippen molar-refractivity contribution in [2.45, 2.75) is 18.8 Å². The number of ether oxygens (including phenoxy) is 1. The molecular formula is C15H13F3N2O5S. The molecule has 0 spiro atoms. The van der Waals surface area contributed by atoms with Gasteiger partial charge in [-0.25, -0.2) is 8.42 Å². The summed E-state index contributed by atoms with van der Waals surface area (Å²) in [5.74, 6) is -1.66. The lowest BCUT2D eigenvalue weighted by atomic mass is 10.1. The number of halogens is 3. The van der Waals surface area contributed by atoms with Gasteiger partial charge in [0.25, 0.3) is 5.91 Å². The molecule has 1 aromatic carbocycles. The zero-order chi connectivity index (χ0) is 19.1. The van der Waals surface area contributed by atoms with E-state index in [0.29, 0.717) is 0 Å². The first-order valence-corrected chi connectivity index (χ1v) is 9.29. The van der Waals surface area contributed by atoms with Crippen molar-refractivity contribution in [1.29, 1.82) is 0 Å². The summed E-state index contributed by atoms with van der Waals surface area (Å²) in [7, 11) is -3.21. The molecule has 1 aliphatic rings. The summed E-state index contributed by atoms with van der Waals surface area (Å²) in [6, 6.07) is 2.88. The van der Waals surface area contributed by atoms with Crippen LogP contribution >= 0.6 is 0 Å². The quantitative estimate of drug-likeness (QED) is 0.823. The van der Waals surface area contributed by atoms with E-state index in [2.05, 4.69) is 15.0 Å². The maximum absolute atomic E-state index is 12.5. The number of pyridine rings is 1. The Morgan fingerprint density at radius 3 is 2.65 bits per heavy atom.